The van der Waals surface area contributed by atoms with E-state index in [2.05, 4.69) is 26.1 Å². The molecular weight excluding hydrogens is 234 g/mol. The molecule has 1 aliphatic rings. The molecule has 2 atom stereocenters. The number of phenols is 1. The van der Waals surface area contributed by atoms with Crippen LogP contribution in [0.4, 0.5) is 5.69 Å². The molecule has 1 fully saturated rings. The van der Waals surface area contributed by atoms with Gasteiger partial charge >= 0.3 is 0 Å². The van der Waals surface area contributed by atoms with Crippen LogP contribution in [0.3, 0.4) is 0 Å². The van der Waals surface area contributed by atoms with Crippen LogP contribution in [-0.2, 0) is 0 Å². The molecule has 2 unspecified atom stereocenters. The lowest BCUT2D eigenvalue weighted by molar-refractivity contribution is 0.214. The lowest BCUT2D eigenvalue weighted by atomic mass is 9.76. The molecule has 0 saturated heterocycles. The smallest absolute Gasteiger partial charge is 0.115 e. The zero-order chi connectivity index (χ0) is 13.9. The van der Waals surface area contributed by atoms with E-state index in [0.717, 1.165) is 11.6 Å². The number of phenolic OH excluding ortho intramolecular Hbond substituents is 1. The average molecular weight is 261 g/mol. The van der Waals surface area contributed by atoms with Crippen molar-refractivity contribution in [2.75, 3.05) is 5.32 Å². The molecule has 1 aromatic rings. The molecule has 1 aliphatic carbocycles. The van der Waals surface area contributed by atoms with Crippen molar-refractivity contribution in [2.45, 2.75) is 58.9 Å². The first-order chi connectivity index (χ1) is 8.95. The lowest BCUT2D eigenvalue weighted by Gasteiger charge is -2.29. The fraction of sp³-hybridized carbons (Fsp3) is 0.647. The summed E-state index contributed by atoms with van der Waals surface area (Å²) in [6.07, 6.45) is 6.50. The third kappa shape index (κ3) is 4.15. The predicted octanol–water partition coefficient (Wildman–Crippen LogP) is 4.80. The van der Waals surface area contributed by atoms with Crippen LogP contribution in [-0.4, -0.2) is 11.1 Å². The third-order valence-electron chi connectivity index (χ3n) is 4.43. The van der Waals surface area contributed by atoms with Gasteiger partial charge in [-0.3, -0.25) is 0 Å². The van der Waals surface area contributed by atoms with Gasteiger partial charge in [-0.15, -0.1) is 0 Å². The molecule has 2 rings (SSSR count). The minimum absolute atomic E-state index is 0.333. The first kappa shape index (κ1) is 14.2. The van der Waals surface area contributed by atoms with E-state index in [9.17, 15) is 5.11 Å². The van der Waals surface area contributed by atoms with Crippen LogP contribution in [0.2, 0.25) is 0 Å². The third-order valence-corrected chi connectivity index (χ3v) is 4.43. The quantitative estimate of drug-likeness (QED) is 0.592. The highest BCUT2D eigenvalue weighted by atomic mass is 16.3. The Balaban J connectivity index is 1.91. The van der Waals surface area contributed by atoms with Gasteiger partial charge in [-0.2, -0.15) is 0 Å². The second-order valence-electron chi connectivity index (χ2n) is 6.96. The number of aromatic hydroxyl groups is 1. The Labute approximate surface area is 117 Å². The van der Waals surface area contributed by atoms with Crippen molar-refractivity contribution >= 4 is 5.69 Å². The number of anilines is 1. The van der Waals surface area contributed by atoms with Crippen molar-refractivity contribution in [2.24, 2.45) is 11.3 Å². The Morgan fingerprint density at radius 1 is 1.00 bits per heavy atom. The maximum atomic E-state index is 9.30. The Bertz CT molecular complexity index is 391. The molecule has 19 heavy (non-hydrogen) atoms. The first-order valence-corrected chi connectivity index (χ1v) is 7.51. The minimum atomic E-state index is 0.333. The summed E-state index contributed by atoms with van der Waals surface area (Å²) in [6, 6.07) is 7.99. The van der Waals surface area contributed by atoms with E-state index in [-0.39, 0.29) is 0 Å². The zero-order valence-corrected chi connectivity index (χ0v) is 12.4. The number of rotatable bonds is 2. The van der Waals surface area contributed by atoms with Gasteiger partial charge in [-0.05, 0) is 61.3 Å². The van der Waals surface area contributed by atoms with Crippen LogP contribution in [0.1, 0.15) is 52.9 Å². The van der Waals surface area contributed by atoms with Gasteiger partial charge in [0.2, 0.25) is 0 Å². The summed E-state index contributed by atoms with van der Waals surface area (Å²) >= 11 is 0. The van der Waals surface area contributed by atoms with Crippen molar-refractivity contribution in [1.82, 2.24) is 0 Å². The van der Waals surface area contributed by atoms with Crippen molar-refractivity contribution in [3.05, 3.63) is 24.3 Å². The van der Waals surface area contributed by atoms with Crippen LogP contribution in [0.25, 0.3) is 0 Å². The highest BCUT2D eigenvalue weighted by molar-refractivity contribution is 5.46. The van der Waals surface area contributed by atoms with Gasteiger partial charge in [-0.25, -0.2) is 0 Å². The van der Waals surface area contributed by atoms with E-state index in [1.54, 1.807) is 12.1 Å². The fourth-order valence-corrected chi connectivity index (χ4v) is 3.11. The van der Waals surface area contributed by atoms with Crippen LogP contribution in [0, 0.1) is 11.3 Å². The average Bonchev–Trinajstić information content (AvgIpc) is 2.57. The van der Waals surface area contributed by atoms with Crippen LogP contribution >= 0.6 is 0 Å². The van der Waals surface area contributed by atoms with Crippen molar-refractivity contribution in [1.29, 1.82) is 0 Å². The number of nitrogens with one attached hydrogen (secondary N) is 1. The summed E-state index contributed by atoms with van der Waals surface area (Å²) in [4.78, 5) is 0. The molecule has 2 nitrogen and oxygen atoms in total. The molecule has 0 aliphatic heterocycles. The fourth-order valence-electron chi connectivity index (χ4n) is 3.11. The van der Waals surface area contributed by atoms with E-state index in [0.29, 0.717) is 17.2 Å². The summed E-state index contributed by atoms with van der Waals surface area (Å²) in [5, 5.41) is 12.9. The Morgan fingerprint density at radius 2 is 1.68 bits per heavy atom. The lowest BCUT2D eigenvalue weighted by Crippen LogP contribution is -2.21. The predicted molar refractivity (Wildman–Crippen MR) is 81.5 cm³/mol. The Hall–Kier alpha value is -1.18. The summed E-state index contributed by atoms with van der Waals surface area (Å²) in [7, 11) is 0. The van der Waals surface area contributed by atoms with Gasteiger partial charge in [-0.1, -0.05) is 27.2 Å². The second-order valence-corrected chi connectivity index (χ2v) is 6.96. The van der Waals surface area contributed by atoms with E-state index in [4.69, 9.17) is 0 Å². The van der Waals surface area contributed by atoms with Gasteiger partial charge in [0.25, 0.3) is 0 Å². The molecule has 0 aromatic heterocycles. The first-order valence-electron chi connectivity index (χ1n) is 7.51. The molecule has 1 aromatic carbocycles. The molecule has 0 spiro atoms. The molecule has 0 amide bonds. The van der Waals surface area contributed by atoms with Gasteiger partial charge in [0.1, 0.15) is 5.75 Å². The second kappa shape index (κ2) is 5.85. The summed E-state index contributed by atoms with van der Waals surface area (Å²) in [5.41, 5.74) is 1.56. The number of hydrogen-bond donors (Lipinski definition) is 2. The van der Waals surface area contributed by atoms with E-state index >= 15 is 0 Å². The number of hydrogen-bond acceptors (Lipinski definition) is 2. The topological polar surface area (TPSA) is 32.3 Å². The largest absolute Gasteiger partial charge is 0.508 e. The Morgan fingerprint density at radius 3 is 2.32 bits per heavy atom. The highest BCUT2D eigenvalue weighted by Crippen LogP contribution is 2.37. The SMILES string of the molecule is CC(C)(C)C1CCCC(Nc2ccc(O)cc2)CC1. The minimum Gasteiger partial charge on any atom is -0.508 e. The van der Waals surface area contributed by atoms with E-state index in [1.165, 1.54) is 32.1 Å². The van der Waals surface area contributed by atoms with Crippen LogP contribution < -0.4 is 5.32 Å². The molecule has 1 saturated carbocycles. The number of benzene rings is 1. The zero-order valence-electron chi connectivity index (χ0n) is 12.4. The summed E-state index contributed by atoms with van der Waals surface area (Å²) in [5.74, 6) is 1.18. The molecule has 0 heterocycles. The summed E-state index contributed by atoms with van der Waals surface area (Å²) in [6.45, 7) is 7.10. The monoisotopic (exact) mass is 261 g/mol. The summed E-state index contributed by atoms with van der Waals surface area (Å²) < 4.78 is 0. The molecule has 2 heteroatoms. The maximum absolute atomic E-state index is 9.30. The van der Waals surface area contributed by atoms with Crippen molar-refractivity contribution in [3.63, 3.8) is 0 Å². The van der Waals surface area contributed by atoms with Crippen molar-refractivity contribution < 1.29 is 5.11 Å². The highest BCUT2D eigenvalue weighted by Gasteiger charge is 2.27. The molecule has 0 bridgehead atoms. The van der Waals surface area contributed by atoms with Crippen LogP contribution in [0.5, 0.6) is 5.75 Å². The molecule has 106 valence electrons. The van der Waals surface area contributed by atoms with Gasteiger partial charge in [0.05, 0.1) is 0 Å². The van der Waals surface area contributed by atoms with Crippen LogP contribution in [0.15, 0.2) is 24.3 Å². The van der Waals surface area contributed by atoms with Crippen molar-refractivity contribution in [3.8, 4) is 5.75 Å². The van der Waals surface area contributed by atoms with Gasteiger partial charge < -0.3 is 10.4 Å². The standard InChI is InChI=1S/C17H27NO/c1-17(2,3)13-5-4-6-14(8-7-13)18-15-9-11-16(19)12-10-15/h9-14,18-19H,4-8H2,1-3H3. The molecule has 0 radical (unpaired) electrons. The maximum Gasteiger partial charge on any atom is 0.115 e. The molecule has 2 N–H and O–H groups in total. The van der Waals surface area contributed by atoms with Gasteiger partial charge in [0.15, 0.2) is 0 Å². The van der Waals surface area contributed by atoms with E-state index < -0.39 is 0 Å². The molecular formula is C17H27NO. The van der Waals surface area contributed by atoms with E-state index in [1.807, 2.05) is 12.1 Å². The normalized spacial score (nSPS) is 24.8. The Kier molecular flexibility index (Phi) is 4.38. The van der Waals surface area contributed by atoms with Gasteiger partial charge in [0, 0.05) is 11.7 Å².